The lowest BCUT2D eigenvalue weighted by atomic mass is 10.1. The first-order chi connectivity index (χ1) is 10.7. The van der Waals surface area contributed by atoms with Crippen molar-refractivity contribution in [2.24, 2.45) is 5.92 Å². The van der Waals surface area contributed by atoms with Gasteiger partial charge in [-0.05, 0) is 32.0 Å². The van der Waals surface area contributed by atoms with Crippen LogP contribution in [0.3, 0.4) is 0 Å². The van der Waals surface area contributed by atoms with Crippen molar-refractivity contribution in [2.45, 2.75) is 19.4 Å². The van der Waals surface area contributed by atoms with E-state index in [1.807, 2.05) is 6.07 Å². The molecule has 0 spiro atoms. The minimum Gasteiger partial charge on any atom is -0.396 e. The van der Waals surface area contributed by atoms with Crippen LogP contribution in [-0.4, -0.2) is 60.8 Å². The molecular formula is C17H27N3O2. The highest BCUT2D eigenvalue weighted by Crippen LogP contribution is 2.14. The van der Waals surface area contributed by atoms with Crippen LogP contribution in [0, 0.1) is 5.92 Å². The molecule has 0 bridgehead atoms. The highest BCUT2D eigenvalue weighted by Gasteiger charge is 2.25. The topological polar surface area (TPSA) is 55.8 Å². The van der Waals surface area contributed by atoms with E-state index >= 15 is 0 Å². The molecule has 5 heteroatoms. The molecular weight excluding hydrogens is 278 g/mol. The number of likely N-dealkylation sites (tertiary alicyclic amines) is 1. The molecule has 122 valence electrons. The molecule has 0 aliphatic carbocycles. The van der Waals surface area contributed by atoms with Crippen LogP contribution in [0.25, 0.3) is 0 Å². The van der Waals surface area contributed by atoms with Gasteiger partial charge >= 0.3 is 6.03 Å². The molecule has 1 heterocycles. The fraction of sp³-hybridized carbons (Fsp3) is 0.588. The van der Waals surface area contributed by atoms with Crippen LogP contribution in [0.5, 0.6) is 0 Å². The Kier molecular flexibility index (Phi) is 6.68. The molecule has 5 nitrogen and oxygen atoms in total. The summed E-state index contributed by atoms with van der Waals surface area (Å²) in [5.74, 6) is 0.253. The number of benzene rings is 1. The second kappa shape index (κ2) is 8.76. The highest BCUT2D eigenvalue weighted by atomic mass is 16.3. The van der Waals surface area contributed by atoms with Crippen LogP contribution in [0.15, 0.2) is 30.3 Å². The van der Waals surface area contributed by atoms with Gasteiger partial charge in [0.05, 0.1) is 0 Å². The van der Waals surface area contributed by atoms with Gasteiger partial charge in [0.15, 0.2) is 0 Å². The first kappa shape index (κ1) is 16.8. The molecule has 0 saturated carbocycles. The normalized spacial score (nSPS) is 18.0. The van der Waals surface area contributed by atoms with Crippen molar-refractivity contribution in [3.63, 3.8) is 0 Å². The molecule has 2 N–H and O–H groups in total. The van der Waals surface area contributed by atoms with E-state index in [9.17, 15) is 4.79 Å². The van der Waals surface area contributed by atoms with Gasteiger partial charge in [0, 0.05) is 38.7 Å². The number of amides is 2. The zero-order valence-electron chi connectivity index (χ0n) is 13.4. The zero-order chi connectivity index (χ0) is 15.8. The van der Waals surface area contributed by atoms with Crippen LogP contribution in [0.1, 0.15) is 18.4 Å². The minimum atomic E-state index is 0.00154. The second-order valence-electron chi connectivity index (χ2n) is 6.09. The van der Waals surface area contributed by atoms with Crippen LogP contribution < -0.4 is 5.32 Å². The van der Waals surface area contributed by atoms with E-state index in [4.69, 9.17) is 5.11 Å². The number of rotatable bonds is 7. The monoisotopic (exact) mass is 305 g/mol. The lowest BCUT2D eigenvalue weighted by molar-refractivity contribution is 0.197. The standard InChI is InChI=1S/C17H27N3O2/c1-19(12-15-6-3-2-4-7-15)10-5-9-18-17(22)20-11-8-16(13-20)14-21/h2-4,6-7,16,21H,5,8-14H2,1H3,(H,18,22). The summed E-state index contributed by atoms with van der Waals surface area (Å²) in [7, 11) is 2.10. The Morgan fingerprint density at radius 3 is 2.86 bits per heavy atom. The molecule has 1 fully saturated rings. The lowest BCUT2D eigenvalue weighted by Gasteiger charge is -2.19. The number of aliphatic hydroxyl groups is 1. The number of nitrogens with one attached hydrogen (secondary N) is 1. The van der Waals surface area contributed by atoms with Crippen molar-refractivity contribution in [1.29, 1.82) is 0 Å². The van der Waals surface area contributed by atoms with Crippen molar-refractivity contribution in [3.05, 3.63) is 35.9 Å². The largest absolute Gasteiger partial charge is 0.396 e. The Morgan fingerprint density at radius 2 is 2.18 bits per heavy atom. The van der Waals surface area contributed by atoms with Gasteiger partial charge in [-0.25, -0.2) is 4.79 Å². The minimum absolute atomic E-state index is 0.00154. The van der Waals surface area contributed by atoms with Gasteiger partial charge in [0.25, 0.3) is 0 Å². The number of carbonyl (C=O) groups is 1. The highest BCUT2D eigenvalue weighted by molar-refractivity contribution is 5.74. The number of urea groups is 1. The lowest BCUT2D eigenvalue weighted by Crippen LogP contribution is -2.39. The Labute approximate surface area is 132 Å². The third-order valence-corrected chi connectivity index (χ3v) is 4.12. The summed E-state index contributed by atoms with van der Waals surface area (Å²) in [4.78, 5) is 16.0. The van der Waals surface area contributed by atoms with E-state index in [0.717, 1.165) is 32.5 Å². The van der Waals surface area contributed by atoms with E-state index in [0.29, 0.717) is 13.1 Å². The van der Waals surface area contributed by atoms with Gasteiger partial charge < -0.3 is 20.2 Å². The summed E-state index contributed by atoms with van der Waals surface area (Å²) in [6.07, 6.45) is 1.84. The van der Waals surface area contributed by atoms with E-state index < -0.39 is 0 Å². The van der Waals surface area contributed by atoms with Gasteiger partial charge in [-0.3, -0.25) is 0 Å². The van der Waals surface area contributed by atoms with Crippen LogP contribution in [0.2, 0.25) is 0 Å². The smallest absolute Gasteiger partial charge is 0.317 e. The summed E-state index contributed by atoms with van der Waals surface area (Å²) < 4.78 is 0. The van der Waals surface area contributed by atoms with Crippen molar-refractivity contribution in [1.82, 2.24) is 15.1 Å². The third-order valence-electron chi connectivity index (χ3n) is 4.12. The fourth-order valence-electron chi connectivity index (χ4n) is 2.80. The quantitative estimate of drug-likeness (QED) is 0.751. The Morgan fingerprint density at radius 1 is 1.41 bits per heavy atom. The maximum absolute atomic E-state index is 12.0. The number of carbonyl (C=O) groups excluding carboxylic acids is 1. The molecule has 0 aromatic heterocycles. The Bertz CT molecular complexity index is 452. The average Bonchev–Trinajstić information content (AvgIpc) is 3.01. The van der Waals surface area contributed by atoms with Crippen LogP contribution in [-0.2, 0) is 6.54 Å². The first-order valence-corrected chi connectivity index (χ1v) is 8.05. The van der Waals surface area contributed by atoms with Gasteiger partial charge in [0.2, 0.25) is 0 Å². The van der Waals surface area contributed by atoms with Crippen molar-refractivity contribution >= 4 is 6.03 Å². The number of hydrogen-bond donors (Lipinski definition) is 2. The number of aliphatic hydroxyl groups excluding tert-OH is 1. The fourth-order valence-corrected chi connectivity index (χ4v) is 2.80. The van der Waals surface area contributed by atoms with Gasteiger partial charge in [-0.1, -0.05) is 30.3 Å². The average molecular weight is 305 g/mol. The van der Waals surface area contributed by atoms with Crippen LogP contribution in [0.4, 0.5) is 4.79 Å². The van der Waals surface area contributed by atoms with Crippen molar-refractivity contribution in [3.8, 4) is 0 Å². The molecule has 1 unspecified atom stereocenters. The molecule has 22 heavy (non-hydrogen) atoms. The number of nitrogens with zero attached hydrogens (tertiary/aromatic N) is 2. The molecule has 1 aromatic carbocycles. The van der Waals surface area contributed by atoms with E-state index in [1.54, 1.807) is 4.90 Å². The van der Waals surface area contributed by atoms with Gasteiger partial charge in [-0.15, -0.1) is 0 Å². The summed E-state index contributed by atoms with van der Waals surface area (Å²) in [5.41, 5.74) is 1.31. The SMILES string of the molecule is CN(CCCNC(=O)N1CCC(CO)C1)Cc1ccccc1. The summed E-state index contributed by atoms with van der Waals surface area (Å²) in [5, 5.41) is 12.1. The number of hydrogen-bond acceptors (Lipinski definition) is 3. The molecule has 1 aliphatic heterocycles. The van der Waals surface area contributed by atoms with Crippen molar-refractivity contribution < 1.29 is 9.90 Å². The molecule has 1 atom stereocenters. The maximum atomic E-state index is 12.0. The Balaban J connectivity index is 1.58. The Hall–Kier alpha value is -1.59. The zero-order valence-corrected chi connectivity index (χ0v) is 13.4. The molecule has 1 saturated heterocycles. The summed E-state index contributed by atoms with van der Waals surface area (Å²) in [6, 6.07) is 10.4. The van der Waals surface area contributed by atoms with E-state index in [1.165, 1.54) is 5.56 Å². The summed E-state index contributed by atoms with van der Waals surface area (Å²) in [6.45, 7) is 4.18. The van der Waals surface area contributed by atoms with Crippen LogP contribution >= 0.6 is 0 Å². The van der Waals surface area contributed by atoms with E-state index in [-0.39, 0.29) is 18.6 Å². The molecule has 1 aliphatic rings. The molecule has 2 amide bonds. The van der Waals surface area contributed by atoms with Crippen molar-refractivity contribution in [2.75, 3.05) is 39.8 Å². The predicted molar refractivity (Wildman–Crippen MR) is 87.6 cm³/mol. The second-order valence-corrected chi connectivity index (χ2v) is 6.09. The summed E-state index contributed by atoms with van der Waals surface area (Å²) >= 11 is 0. The first-order valence-electron chi connectivity index (χ1n) is 8.05. The third kappa shape index (κ3) is 5.31. The predicted octanol–water partition coefficient (Wildman–Crippen LogP) is 1.53. The molecule has 0 radical (unpaired) electrons. The van der Waals surface area contributed by atoms with Gasteiger partial charge in [0.1, 0.15) is 0 Å². The van der Waals surface area contributed by atoms with Gasteiger partial charge in [-0.2, -0.15) is 0 Å². The molecule has 1 aromatic rings. The molecule has 2 rings (SSSR count). The maximum Gasteiger partial charge on any atom is 0.317 e. The van der Waals surface area contributed by atoms with E-state index in [2.05, 4.69) is 41.5 Å².